The van der Waals surface area contributed by atoms with Crippen molar-refractivity contribution in [1.82, 2.24) is 9.80 Å². The maximum atomic E-state index is 13.4. The van der Waals surface area contributed by atoms with Gasteiger partial charge in [0.15, 0.2) is 0 Å². The lowest BCUT2D eigenvalue weighted by molar-refractivity contribution is -0.136. The Bertz CT molecular complexity index is 1080. The van der Waals surface area contributed by atoms with Crippen molar-refractivity contribution in [3.05, 3.63) is 77.9 Å². The first-order valence-electron chi connectivity index (χ1n) is 10.7. The van der Waals surface area contributed by atoms with Gasteiger partial charge in [-0.1, -0.05) is 54.6 Å². The van der Waals surface area contributed by atoms with Crippen molar-refractivity contribution < 1.29 is 14.3 Å². The lowest BCUT2D eigenvalue weighted by Crippen LogP contribution is -2.45. The minimum atomic E-state index is -0.170. The van der Waals surface area contributed by atoms with Crippen LogP contribution in [-0.4, -0.2) is 48.9 Å². The van der Waals surface area contributed by atoms with Crippen molar-refractivity contribution in [2.75, 3.05) is 27.2 Å². The number of amides is 2. The van der Waals surface area contributed by atoms with E-state index in [4.69, 9.17) is 4.74 Å². The van der Waals surface area contributed by atoms with Gasteiger partial charge in [-0.2, -0.15) is 0 Å². The quantitative estimate of drug-likeness (QED) is 0.621. The molecule has 1 saturated heterocycles. The number of hydrogen-bond donors (Lipinski definition) is 0. The van der Waals surface area contributed by atoms with Crippen LogP contribution in [0.25, 0.3) is 10.8 Å². The molecule has 1 heterocycles. The van der Waals surface area contributed by atoms with Crippen LogP contribution in [0.5, 0.6) is 5.75 Å². The molecular formula is C26H28N2O3. The molecule has 5 heteroatoms. The van der Waals surface area contributed by atoms with E-state index in [1.54, 1.807) is 12.0 Å². The second-order valence-electron chi connectivity index (χ2n) is 8.13. The molecule has 3 aromatic rings. The molecule has 3 aromatic carbocycles. The molecule has 0 unspecified atom stereocenters. The summed E-state index contributed by atoms with van der Waals surface area (Å²) < 4.78 is 5.46. The van der Waals surface area contributed by atoms with Crippen molar-refractivity contribution in [3.8, 4) is 5.75 Å². The number of methoxy groups -OCH3 is 1. The number of carbonyl (C=O) groups is 2. The molecule has 0 aliphatic carbocycles. The summed E-state index contributed by atoms with van der Waals surface area (Å²) in [5, 5.41) is 1.80. The van der Waals surface area contributed by atoms with Crippen LogP contribution < -0.4 is 4.74 Å². The second-order valence-corrected chi connectivity index (χ2v) is 8.13. The van der Waals surface area contributed by atoms with Gasteiger partial charge < -0.3 is 14.5 Å². The molecule has 0 bridgehead atoms. The molecule has 1 aliphatic heterocycles. The van der Waals surface area contributed by atoms with Crippen molar-refractivity contribution in [2.45, 2.75) is 19.4 Å². The molecule has 0 radical (unpaired) electrons. The summed E-state index contributed by atoms with van der Waals surface area (Å²) in [5.74, 6) is 0.653. The van der Waals surface area contributed by atoms with E-state index < -0.39 is 0 Å². The lowest BCUT2D eigenvalue weighted by Gasteiger charge is -2.34. The average Bonchev–Trinajstić information content (AvgIpc) is 2.83. The van der Waals surface area contributed by atoms with E-state index in [2.05, 4.69) is 0 Å². The van der Waals surface area contributed by atoms with Crippen LogP contribution in [0, 0.1) is 5.92 Å². The van der Waals surface area contributed by atoms with Gasteiger partial charge in [0.2, 0.25) is 5.91 Å². The fourth-order valence-electron chi connectivity index (χ4n) is 4.42. The van der Waals surface area contributed by atoms with Crippen LogP contribution in [0.15, 0.2) is 66.7 Å². The first-order valence-corrected chi connectivity index (χ1v) is 10.7. The predicted molar refractivity (Wildman–Crippen MR) is 122 cm³/mol. The van der Waals surface area contributed by atoms with E-state index in [0.717, 1.165) is 34.9 Å². The first-order chi connectivity index (χ1) is 15.1. The Morgan fingerprint density at radius 1 is 1.00 bits per heavy atom. The zero-order chi connectivity index (χ0) is 21.8. The molecule has 0 spiro atoms. The molecule has 0 saturated carbocycles. The van der Waals surface area contributed by atoms with Crippen molar-refractivity contribution in [2.24, 2.45) is 5.92 Å². The summed E-state index contributed by atoms with van der Waals surface area (Å²) in [5.41, 5.74) is 1.76. The maximum Gasteiger partial charge on any atom is 0.254 e. The number of piperidine rings is 1. The van der Waals surface area contributed by atoms with E-state index in [-0.39, 0.29) is 17.7 Å². The number of benzene rings is 3. The molecule has 0 aromatic heterocycles. The molecule has 1 aliphatic rings. The minimum Gasteiger partial charge on any atom is -0.496 e. The van der Waals surface area contributed by atoms with Crippen molar-refractivity contribution >= 4 is 22.6 Å². The predicted octanol–water partition coefficient (Wildman–Crippen LogP) is 4.36. The Balaban J connectivity index is 1.50. The maximum absolute atomic E-state index is 13.4. The van der Waals surface area contributed by atoms with Crippen LogP contribution in [0.4, 0.5) is 0 Å². The Hall–Kier alpha value is -3.34. The Morgan fingerprint density at radius 2 is 1.71 bits per heavy atom. The summed E-state index contributed by atoms with van der Waals surface area (Å²) in [6.07, 6.45) is 1.64. The highest BCUT2D eigenvalue weighted by Gasteiger charge is 2.31. The van der Waals surface area contributed by atoms with Gasteiger partial charge >= 0.3 is 0 Å². The molecule has 0 N–H and O–H groups in total. The van der Waals surface area contributed by atoms with Gasteiger partial charge in [0.25, 0.3) is 5.91 Å². The van der Waals surface area contributed by atoms with Gasteiger partial charge in [-0.15, -0.1) is 0 Å². The standard InChI is InChI=1S/C26H28N2O3/c1-27(17-19-9-4-3-5-10-19)25(29)20-11-8-16-28(18-20)26(30)23-14-15-24(31-2)22-13-7-6-12-21(22)23/h3-7,9-10,12-15,20H,8,11,16-18H2,1-2H3/t20-/m0/s1. The van der Waals surface area contributed by atoms with Crippen LogP contribution >= 0.6 is 0 Å². The van der Waals surface area contributed by atoms with E-state index in [9.17, 15) is 9.59 Å². The van der Waals surface area contributed by atoms with Gasteiger partial charge in [0.05, 0.1) is 13.0 Å². The van der Waals surface area contributed by atoms with Gasteiger partial charge in [-0.25, -0.2) is 0 Å². The molecule has 1 atom stereocenters. The average molecular weight is 417 g/mol. The molecule has 5 nitrogen and oxygen atoms in total. The summed E-state index contributed by atoms with van der Waals surface area (Å²) in [4.78, 5) is 30.1. The number of fused-ring (bicyclic) bond motifs is 1. The van der Waals surface area contributed by atoms with E-state index in [0.29, 0.717) is 25.2 Å². The third-order valence-corrected chi connectivity index (χ3v) is 6.03. The summed E-state index contributed by atoms with van der Waals surface area (Å²) in [7, 11) is 3.48. The third kappa shape index (κ3) is 4.41. The second kappa shape index (κ2) is 9.21. The van der Waals surface area contributed by atoms with Crippen LogP contribution in [0.2, 0.25) is 0 Å². The summed E-state index contributed by atoms with van der Waals surface area (Å²) >= 11 is 0. The first kappa shape index (κ1) is 20.9. The minimum absolute atomic E-state index is 0.0259. The summed E-state index contributed by atoms with van der Waals surface area (Å²) in [6.45, 7) is 1.70. The molecule has 31 heavy (non-hydrogen) atoms. The SMILES string of the molecule is COc1ccc(C(=O)N2CCC[C@H](C(=O)N(C)Cc3ccccc3)C2)c2ccccc12. The Labute approximate surface area is 183 Å². The summed E-state index contributed by atoms with van der Waals surface area (Å²) in [6, 6.07) is 21.4. The largest absolute Gasteiger partial charge is 0.496 e. The van der Waals surface area contributed by atoms with Crippen molar-refractivity contribution in [3.63, 3.8) is 0 Å². The highest BCUT2D eigenvalue weighted by Crippen LogP contribution is 2.30. The number of likely N-dealkylation sites (tertiary alicyclic amines) is 1. The van der Waals surface area contributed by atoms with Gasteiger partial charge in [-0.3, -0.25) is 9.59 Å². The van der Waals surface area contributed by atoms with Gasteiger partial charge in [-0.05, 0) is 35.9 Å². The van der Waals surface area contributed by atoms with Gasteiger partial charge in [0.1, 0.15) is 5.75 Å². The van der Waals surface area contributed by atoms with Crippen LogP contribution in [-0.2, 0) is 11.3 Å². The zero-order valence-corrected chi connectivity index (χ0v) is 18.1. The highest BCUT2D eigenvalue weighted by molar-refractivity contribution is 6.08. The van der Waals surface area contributed by atoms with E-state index in [1.165, 1.54) is 0 Å². The Morgan fingerprint density at radius 3 is 2.45 bits per heavy atom. The zero-order valence-electron chi connectivity index (χ0n) is 18.1. The third-order valence-electron chi connectivity index (χ3n) is 6.03. The molecule has 2 amide bonds. The lowest BCUT2D eigenvalue weighted by atomic mass is 9.95. The van der Waals surface area contributed by atoms with E-state index in [1.807, 2.05) is 78.7 Å². The van der Waals surface area contributed by atoms with Gasteiger partial charge in [0, 0.05) is 37.6 Å². The number of hydrogen-bond acceptors (Lipinski definition) is 3. The van der Waals surface area contributed by atoms with Crippen molar-refractivity contribution in [1.29, 1.82) is 0 Å². The van der Waals surface area contributed by atoms with Crippen LogP contribution in [0.3, 0.4) is 0 Å². The monoisotopic (exact) mass is 416 g/mol. The number of rotatable bonds is 5. The van der Waals surface area contributed by atoms with Crippen LogP contribution in [0.1, 0.15) is 28.8 Å². The molecule has 4 rings (SSSR count). The fourth-order valence-corrected chi connectivity index (χ4v) is 4.42. The highest BCUT2D eigenvalue weighted by atomic mass is 16.5. The van der Waals surface area contributed by atoms with E-state index >= 15 is 0 Å². The number of ether oxygens (including phenoxy) is 1. The number of nitrogens with zero attached hydrogens (tertiary/aromatic N) is 2. The Kier molecular flexibility index (Phi) is 6.21. The fraction of sp³-hybridized carbons (Fsp3) is 0.308. The normalized spacial score (nSPS) is 16.2. The topological polar surface area (TPSA) is 49.9 Å². The molecule has 160 valence electrons. The smallest absolute Gasteiger partial charge is 0.254 e. The molecular weight excluding hydrogens is 388 g/mol. The molecule has 1 fully saturated rings. The number of carbonyl (C=O) groups excluding carboxylic acids is 2.